The second kappa shape index (κ2) is 8.22. The number of hydrogen-bond acceptors (Lipinski definition) is 5. The van der Waals surface area contributed by atoms with Crippen molar-refractivity contribution in [2.45, 2.75) is 19.9 Å². The van der Waals surface area contributed by atoms with Crippen molar-refractivity contribution in [3.63, 3.8) is 0 Å². The third kappa shape index (κ3) is 4.46. The van der Waals surface area contributed by atoms with Crippen molar-refractivity contribution in [2.24, 2.45) is 0 Å². The number of aryl methyl sites for hydroxylation is 1. The first-order chi connectivity index (χ1) is 13.0. The molecule has 0 fully saturated rings. The number of ether oxygens (including phenoxy) is 1. The molecule has 1 heterocycles. The minimum Gasteiger partial charge on any atom is -0.496 e. The van der Waals surface area contributed by atoms with Gasteiger partial charge >= 0.3 is 0 Å². The Morgan fingerprint density at radius 1 is 1.26 bits per heavy atom. The SMILES string of the molecule is COc1ccc(CC(=O)N(C)Cc2nc(-c3ccccc3Cl)no2)cc1C. The van der Waals surface area contributed by atoms with Crippen LogP contribution in [0.25, 0.3) is 11.4 Å². The topological polar surface area (TPSA) is 68.5 Å². The Kier molecular flexibility index (Phi) is 5.76. The number of aromatic nitrogens is 2. The summed E-state index contributed by atoms with van der Waals surface area (Å²) in [6.45, 7) is 2.18. The lowest BCUT2D eigenvalue weighted by Gasteiger charge is -2.15. The predicted octanol–water partition coefficient (Wildman–Crippen LogP) is 3.91. The summed E-state index contributed by atoms with van der Waals surface area (Å²) in [5, 5.41) is 4.50. The molecule has 3 rings (SSSR count). The Morgan fingerprint density at radius 3 is 2.74 bits per heavy atom. The maximum atomic E-state index is 12.5. The Balaban J connectivity index is 1.65. The molecule has 1 amide bonds. The van der Waals surface area contributed by atoms with Gasteiger partial charge in [-0.05, 0) is 36.2 Å². The molecular weight excluding hydrogens is 366 g/mol. The van der Waals surface area contributed by atoms with Crippen LogP contribution in [0.4, 0.5) is 0 Å². The highest BCUT2D eigenvalue weighted by atomic mass is 35.5. The highest BCUT2D eigenvalue weighted by Crippen LogP contribution is 2.25. The van der Waals surface area contributed by atoms with Crippen molar-refractivity contribution in [3.05, 3.63) is 64.5 Å². The van der Waals surface area contributed by atoms with Crippen LogP contribution >= 0.6 is 11.6 Å². The molecule has 3 aromatic rings. The normalized spacial score (nSPS) is 10.7. The van der Waals surface area contributed by atoms with E-state index in [0.717, 1.165) is 16.9 Å². The van der Waals surface area contributed by atoms with Crippen LogP contribution in [-0.2, 0) is 17.8 Å². The Labute approximate surface area is 162 Å². The standard InChI is InChI=1S/C20H20ClN3O3/c1-13-10-14(8-9-17(13)26-3)11-19(25)24(2)12-18-22-20(23-27-18)15-6-4-5-7-16(15)21/h4-10H,11-12H2,1-3H3. The number of benzene rings is 2. The molecule has 1 aromatic heterocycles. The molecule has 0 saturated heterocycles. The predicted molar refractivity (Wildman–Crippen MR) is 103 cm³/mol. The van der Waals surface area contributed by atoms with Gasteiger partial charge in [-0.3, -0.25) is 4.79 Å². The van der Waals surface area contributed by atoms with Crippen LogP contribution in [0.2, 0.25) is 5.02 Å². The van der Waals surface area contributed by atoms with Gasteiger partial charge in [0.15, 0.2) is 0 Å². The van der Waals surface area contributed by atoms with Crippen LogP contribution in [0.15, 0.2) is 47.0 Å². The van der Waals surface area contributed by atoms with E-state index in [1.54, 1.807) is 25.1 Å². The maximum Gasteiger partial charge on any atom is 0.246 e. The van der Waals surface area contributed by atoms with Crippen molar-refractivity contribution in [1.29, 1.82) is 0 Å². The number of halogens is 1. The van der Waals surface area contributed by atoms with E-state index in [9.17, 15) is 4.79 Å². The van der Waals surface area contributed by atoms with E-state index in [0.29, 0.717) is 22.3 Å². The molecule has 0 atom stereocenters. The number of rotatable bonds is 6. The van der Waals surface area contributed by atoms with Crippen LogP contribution in [0, 0.1) is 6.92 Å². The molecule has 140 valence electrons. The Bertz CT molecular complexity index is 955. The van der Waals surface area contributed by atoms with Gasteiger partial charge in [0.1, 0.15) is 5.75 Å². The quantitative estimate of drug-likeness (QED) is 0.643. The molecule has 0 aliphatic heterocycles. The number of methoxy groups -OCH3 is 1. The summed E-state index contributed by atoms with van der Waals surface area (Å²) < 4.78 is 10.5. The summed E-state index contributed by atoms with van der Waals surface area (Å²) in [6.07, 6.45) is 0.285. The van der Waals surface area contributed by atoms with Crippen molar-refractivity contribution in [2.75, 3.05) is 14.2 Å². The Morgan fingerprint density at radius 2 is 2.04 bits per heavy atom. The first-order valence-electron chi connectivity index (χ1n) is 8.43. The van der Waals surface area contributed by atoms with Gasteiger partial charge in [0.2, 0.25) is 17.6 Å². The van der Waals surface area contributed by atoms with Crippen molar-refractivity contribution in [3.8, 4) is 17.1 Å². The van der Waals surface area contributed by atoms with E-state index in [-0.39, 0.29) is 18.9 Å². The highest BCUT2D eigenvalue weighted by molar-refractivity contribution is 6.33. The molecule has 7 heteroatoms. The summed E-state index contributed by atoms with van der Waals surface area (Å²) >= 11 is 6.15. The summed E-state index contributed by atoms with van der Waals surface area (Å²) in [5.74, 6) is 1.52. The monoisotopic (exact) mass is 385 g/mol. The van der Waals surface area contributed by atoms with E-state index >= 15 is 0 Å². The van der Waals surface area contributed by atoms with Gasteiger partial charge in [-0.25, -0.2) is 0 Å². The minimum atomic E-state index is -0.0444. The summed E-state index contributed by atoms with van der Waals surface area (Å²) in [7, 11) is 3.33. The third-order valence-electron chi connectivity index (χ3n) is 4.20. The molecule has 0 spiro atoms. The third-order valence-corrected chi connectivity index (χ3v) is 4.53. The van der Waals surface area contributed by atoms with Crippen LogP contribution in [0.1, 0.15) is 17.0 Å². The lowest BCUT2D eigenvalue weighted by molar-refractivity contribution is -0.130. The van der Waals surface area contributed by atoms with Gasteiger partial charge in [0.05, 0.1) is 25.1 Å². The molecule has 0 bridgehead atoms. The van der Waals surface area contributed by atoms with Crippen molar-refractivity contribution < 1.29 is 14.1 Å². The van der Waals surface area contributed by atoms with Crippen molar-refractivity contribution >= 4 is 17.5 Å². The fourth-order valence-corrected chi connectivity index (χ4v) is 2.94. The molecule has 0 radical (unpaired) electrons. The van der Waals surface area contributed by atoms with Crippen LogP contribution in [0.5, 0.6) is 5.75 Å². The fourth-order valence-electron chi connectivity index (χ4n) is 2.72. The smallest absolute Gasteiger partial charge is 0.246 e. The van der Waals surface area contributed by atoms with Gasteiger partial charge in [0, 0.05) is 12.6 Å². The Hall–Kier alpha value is -2.86. The molecular formula is C20H20ClN3O3. The number of nitrogens with zero attached hydrogens (tertiary/aromatic N) is 3. The molecule has 0 aliphatic rings. The van der Waals surface area contributed by atoms with Gasteiger partial charge in [-0.1, -0.05) is 41.0 Å². The maximum absolute atomic E-state index is 12.5. The van der Waals surface area contributed by atoms with Crippen molar-refractivity contribution in [1.82, 2.24) is 15.0 Å². The number of carbonyl (C=O) groups is 1. The van der Waals surface area contributed by atoms with Gasteiger partial charge in [-0.2, -0.15) is 4.98 Å². The van der Waals surface area contributed by atoms with Crippen LogP contribution in [-0.4, -0.2) is 35.1 Å². The minimum absolute atomic E-state index is 0.0444. The number of amides is 1. The van der Waals surface area contributed by atoms with Crippen LogP contribution < -0.4 is 4.74 Å². The van der Waals surface area contributed by atoms with E-state index in [2.05, 4.69) is 10.1 Å². The molecule has 0 aliphatic carbocycles. The zero-order chi connectivity index (χ0) is 19.4. The second-order valence-corrected chi connectivity index (χ2v) is 6.63. The van der Waals surface area contributed by atoms with Gasteiger partial charge < -0.3 is 14.2 Å². The van der Waals surface area contributed by atoms with E-state index in [1.807, 2.05) is 43.3 Å². The zero-order valence-electron chi connectivity index (χ0n) is 15.4. The number of hydrogen-bond donors (Lipinski definition) is 0. The average Bonchev–Trinajstić information content (AvgIpc) is 3.10. The molecule has 0 unspecified atom stereocenters. The summed E-state index contributed by atoms with van der Waals surface area (Å²) in [6, 6.07) is 13.0. The molecule has 6 nitrogen and oxygen atoms in total. The van der Waals surface area contributed by atoms with Gasteiger partial charge in [0.25, 0.3) is 0 Å². The molecule has 0 saturated carbocycles. The second-order valence-electron chi connectivity index (χ2n) is 6.22. The highest BCUT2D eigenvalue weighted by Gasteiger charge is 2.16. The first-order valence-corrected chi connectivity index (χ1v) is 8.80. The van der Waals surface area contributed by atoms with Crippen LogP contribution in [0.3, 0.4) is 0 Å². The fraction of sp³-hybridized carbons (Fsp3) is 0.250. The zero-order valence-corrected chi connectivity index (χ0v) is 16.2. The van der Waals surface area contributed by atoms with E-state index in [1.165, 1.54) is 0 Å². The summed E-state index contributed by atoms with van der Waals surface area (Å²) in [5.41, 5.74) is 2.61. The lowest BCUT2D eigenvalue weighted by Crippen LogP contribution is -2.27. The molecule has 2 aromatic carbocycles. The van der Waals surface area contributed by atoms with E-state index < -0.39 is 0 Å². The number of carbonyl (C=O) groups excluding carboxylic acids is 1. The average molecular weight is 386 g/mol. The van der Waals surface area contributed by atoms with E-state index in [4.69, 9.17) is 20.9 Å². The van der Waals surface area contributed by atoms with Gasteiger partial charge in [-0.15, -0.1) is 0 Å². The first kappa shape index (κ1) is 18.9. The lowest BCUT2D eigenvalue weighted by atomic mass is 10.1. The molecule has 0 N–H and O–H groups in total. The number of likely N-dealkylation sites (N-methyl/N-ethyl adjacent to an activating group) is 1. The molecule has 27 heavy (non-hydrogen) atoms. The largest absolute Gasteiger partial charge is 0.496 e. The summed E-state index contributed by atoms with van der Waals surface area (Å²) in [4.78, 5) is 18.4.